The van der Waals surface area contributed by atoms with Gasteiger partial charge in [-0.1, -0.05) is 6.07 Å². The van der Waals surface area contributed by atoms with Crippen LogP contribution in [0.5, 0.6) is 5.75 Å². The number of hydrogen-bond acceptors (Lipinski definition) is 6. The van der Waals surface area contributed by atoms with Gasteiger partial charge in [0.1, 0.15) is 5.75 Å². The van der Waals surface area contributed by atoms with Gasteiger partial charge in [0.25, 0.3) is 5.91 Å². The topological polar surface area (TPSA) is 77.5 Å². The van der Waals surface area contributed by atoms with Gasteiger partial charge in [-0.05, 0) is 32.0 Å². The Morgan fingerprint density at radius 1 is 1.27 bits per heavy atom. The van der Waals surface area contributed by atoms with Gasteiger partial charge < -0.3 is 9.47 Å². The summed E-state index contributed by atoms with van der Waals surface area (Å²) in [5.74, 6) is -0.189. The molecule has 0 aliphatic rings. The first-order valence-corrected chi connectivity index (χ1v) is 7.68. The van der Waals surface area contributed by atoms with Gasteiger partial charge in [0.2, 0.25) is 0 Å². The Morgan fingerprint density at radius 2 is 2.09 bits per heavy atom. The van der Waals surface area contributed by atoms with Crippen LogP contribution in [0.15, 0.2) is 29.6 Å². The molecule has 0 atom stereocenters. The van der Waals surface area contributed by atoms with Gasteiger partial charge in [-0.3, -0.25) is 10.1 Å². The van der Waals surface area contributed by atoms with Crippen molar-refractivity contribution in [3.05, 3.63) is 40.9 Å². The van der Waals surface area contributed by atoms with E-state index in [9.17, 15) is 9.59 Å². The van der Waals surface area contributed by atoms with Gasteiger partial charge >= 0.3 is 5.97 Å². The predicted octanol–water partition coefficient (Wildman–Crippen LogP) is 2.97. The highest BCUT2D eigenvalue weighted by molar-refractivity contribution is 7.14. The molecule has 2 aromatic rings. The van der Waals surface area contributed by atoms with Gasteiger partial charge in [0.05, 0.1) is 13.2 Å². The average Bonchev–Trinajstić information content (AvgIpc) is 2.97. The summed E-state index contributed by atoms with van der Waals surface area (Å²) in [6.45, 7) is 4.40. The van der Waals surface area contributed by atoms with Crippen molar-refractivity contribution in [3.8, 4) is 5.75 Å². The van der Waals surface area contributed by atoms with E-state index in [1.807, 2.05) is 6.92 Å². The average molecular weight is 320 g/mol. The van der Waals surface area contributed by atoms with E-state index in [1.54, 1.807) is 36.6 Å². The Labute approximate surface area is 132 Å². The quantitative estimate of drug-likeness (QED) is 0.828. The molecule has 1 amide bonds. The zero-order valence-electron chi connectivity index (χ0n) is 12.3. The van der Waals surface area contributed by atoms with Crippen LogP contribution in [-0.4, -0.2) is 30.1 Å². The number of nitrogens with one attached hydrogen (secondary N) is 1. The molecule has 0 saturated heterocycles. The van der Waals surface area contributed by atoms with Crippen LogP contribution in [0.25, 0.3) is 0 Å². The third-order valence-electron chi connectivity index (χ3n) is 2.62. The largest absolute Gasteiger partial charge is 0.494 e. The summed E-state index contributed by atoms with van der Waals surface area (Å²) in [7, 11) is 0. The van der Waals surface area contributed by atoms with Crippen molar-refractivity contribution in [1.82, 2.24) is 4.98 Å². The second-order valence-electron chi connectivity index (χ2n) is 4.17. The summed E-state index contributed by atoms with van der Waals surface area (Å²) in [6, 6.07) is 6.85. The first-order chi connectivity index (χ1) is 10.6. The number of anilines is 1. The number of hydrogen-bond donors (Lipinski definition) is 1. The zero-order chi connectivity index (χ0) is 15.9. The summed E-state index contributed by atoms with van der Waals surface area (Å²) in [6.07, 6.45) is 0. The van der Waals surface area contributed by atoms with E-state index >= 15 is 0 Å². The Kier molecular flexibility index (Phi) is 5.48. The molecule has 0 bridgehead atoms. The fourth-order valence-corrected chi connectivity index (χ4v) is 2.37. The van der Waals surface area contributed by atoms with Crippen molar-refractivity contribution in [2.45, 2.75) is 13.8 Å². The number of nitrogens with zero attached hydrogens (tertiary/aromatic N) is 1. The molecular formula is C15H16N2O4S. The number of aromatic nitrogens is 1. The molecule has 22 heavy (non-hydrogen) atoms. The van der Waals surface area contributed by atoms with Crippen LogP contribution in [0.1, 0.15) is 34.7 Å². The van der Waals surface area contributed by atoms with Crippen molar-refractivity contribution >= 4 is 28.3 Å². The summed E-state index contributed by atoms with van der Waals surface area (Å²) in [5.41, 5.74) is 0.643. The first-order valence-electron chi connectivity index (χ1n) is 6.81. The number of carbonyl (C=O) groups is 2. The van der Waals surface area contributed by atoms with Crippen molar-refractivity contribution < 1.29 is 19.1 Å². The van der Waals surface area contributed by atoms with E-state index in [4.69, 9.17) is 9.47 Å². The molecule has 0 spiro atoms. The monoisotopic (exact) mass is 320 g/mol. The zero-order valence-corrected chi connectivity index (χ0v) is 13.1. The Morgan fingerprint density at radius 3 is 2.82 bits per heavy atom. The van der Waals surface area contributed by atoms with Gasteiger partial charge in [0, 0.05) is 10.9 Å². The Bertz CT molecular complexity index is 669. The van der Waals surface area contributed by atoms with Crippen LogP contribution >= 0.6 is 11.3 Å². The molecule has 0 radical (unpaired) electrons. The molecular weight excluding hydrogens is 304 g/mol. The van der Waals surface area contributed by atoms with Crippen molar-refractivity contribution in [2.75, 3.05) is 18.5 Å². The minimum atomic E-state index is -0.502. The fraction of sp³-hybridized carbons (Fsp3) is 0.267. The molecule has 1 aromatic heterocycles. The van der Waals surface area contributed by atoms with Gasteiger partial charge in [-0.15, -0.1) is 11.3 Å². The molecule has 0 fully saturated rings. The van der Waals surface area contributed by atoms with Crippen LogP contribution in [0, 0.1) is 0 Å². The first kappa shape index (κ1) is 16.0. The lowest BCUT2D eigenvalue weighted by Crippen LogP contribution is -2.12. The number of thiazole rings is 1. The van der Waals surface area contributed by atoms with Gasteiger partial charge in [-0.2, -0.15) is 0 Å². The van der Waals surface area contributed by atoms with Crippen LogP contribution < -0.4 is 10.1 Å². The third-order valence-corrected chi connectivity index (χ3v) is 3.37. The second kappa shape index (κ2) is 7.56. The Hall–Kier alpha value is -2.41. The van der Waals surface area contributed by atoms with Crippen LogP contribution in [0.2, 0.25) is 0 Å². The predicted molar refractivity (Wildman–Crippen MR) is 83.6 cm³/mol. The molecule has 0 aliphatic heterocycles. The maximum Gasteiger partial charge on any atom is 0.357 e. The highest BCUT2D eigenvalue weighted by Crippen LogP contribution is 2.19. The van der Waals surface area contributed by atoms with Crippen LogP contribution in [0.4, 0.5) is 5.13 Å². The highest BCUT2D eigenvalue weighted by atomic mass is 32.1. The summed E-state index contributed by atoms with van der Waals surface area (Å²) < 4.78 is 10.2. The highest BCUT2D eigenvalue weighted by Gasteiger charge is 2.14. The lowest BCUT2D eigenvalue weighted by molar-refractivity contribution is 0.0520. The van der Waals surface area contributed by atoms with Crippen LogP contribution in [0.3, 0.4) is 0 Å². The molecule has 6 nitrogen and oxygen atoms in total. The van der Waals surface area contributed by atoms with E-state index < -0.39 is 5.97 Å². The molecule has 2 rings (SSSR count). The number of amides is 1. The maximum atomic E-state index is 12.2. The van der Waals surface area contributed by atoms with Crippen molar-refractivity contribution in [1.29, 1.82) is 0 Å². The van der Waals surface area contributed by atoms with E-state index in [1.165, 1.54) is 11.3 Å². The smallest absolute Gasteiger partial charge is 0.357 e. The van der Waals surface area contributed by atoms with E-state index in [0.717, 1.165) is 0 Å². The SMILES string of the molecule is CCOC(=O)c1csc(NC(=O)c2cccc(OCC)c2)n1. The molecule has 1 heterocycles. The number of esters is 1. The van der Waals surface area contributed by atoms with Gasteiger partial charge in [0.15, 0.2) is 10.8 Å². The summed E-state index contributed by atoms with van der Waals surface area (Å²) >= 11 is 1.17. The van der Waals surface area contributed by atoms with Crippen molar-refractivity contribution in [3.63, 3.8) is 0 Å². The summed E-state index contributed by atoms with van der Waals surface area (Å²) in [5, 5.41) is 4.54. The van der Waals surface area contributed by atoms with Crippen molar-refractivity contribution in [2.24, 2.45) is 0 Å². The lowest BCUT2D eigenvalue weighted by atomic mass is 10.2. The van der Waals surface area contributed by atoms with E-state index in [2.05, 4.69) is 10.3 Å². The molecule has 0 aliphatic carbocycles. The van der Waals surface area contributed by atoms with E-state index in [-0.39, 0.29) is 18.2 Å². The standard InChI is InChI=1S/C15H16N2O4S/c1-3-20-11-7-5-6-10(8-11)13(18)17-15-16-12(9-22-15)14(19)21-4-2/h5-9H,3-4H2,1-2H3,(H,16,17,18). The normalized spacial score (nSPS) is 10.1. The van der Waals surface area contributed by atoms with Gasteiger partial charge in [-0.25, -0.2) is 9.78 Å². The molecule has 1 N–H and O–H groups in total. The minimum absolute atomic E-state index is 0.185. The molecule has 7 heteroatoms. The minimum Gasteiger partial charge on any atom is -0.494 e. The lowest BCUT2D eigenvalue weighted by Gasteiger charge is -2.05. The molecule has 0 saturated carbocycles. The maximum absolute atomic E-state index is 12.2. The number of carbonyl (C=O) groups excluding carboxylic acids is 2. The second-order valence-corrected chi connectivity index (χ2v) is 5.03. The number of ether oxygens (including phenoxy) is 2. The summed E-state index contributed by atoms with van der Waals surface area (Å²) in [4.78, 5) is 27.7. The molecule has 0 unspecified atom stereocenters. The third kappa shape index (κ3) is 4.05. The number of rotatable bonds is 6. The van der Waals surface area contributed by atoms with E-state index in [0.29, 0.717) is 23.1 Å². The number of benzene rings is 1. The fourth-order valence-electron chi connectivity index (χ4n) is 1.69. The molecule has 1 aromatic carbocycles. The van der Waals surface area contributed by atoms with Crippen LogP contribution in [-0.2, 0) is 4.74 Å². The molecule has 116 valence electrons. The Balaban J connectivity index is 2.05.